The van der Waals surface area contributed by atoms with Gasteiger partial charge >= 0.3 is 19.8 Å². The molecule has 0 radical (unpaired) electrons. The van der Waals surface area contributed by atoms with E-state index >= 15 is 0 Å². The van der Waals surface area contributed by atoms with Crippen molar-refractivity contribution in [2.24, 2.45) is 0 Å². The second-order valence-electron chi connectivity index (χ2n) is 15.6. The van der Waals surface area contributed by atoms with Crippen molar-refractivity contribution in [3.05, 3.63) is 48.6 Å². The highest BCUT2D eigenvalue weighted by Gasteiger charge is 2.27. The topological polar surface area (TPSA) is 129 Å². The van der Waals surface area contributed by atoms with Crippen molar-refractivity contribution in [1.82, 2.24) is 0 Å². The molecule has 0 aromatic rings. The van der Waals surface area contributed by atoms with E-state index in [0.717, 1.165) is 57.8 Å². The molecule has 2 unspecified atom stereocenters. The van der Waals surface area contributed by atoms with Gasteiger partial charge in [0.2, 0.25) is 0 Å². The molecule has 2 N–H and O–H groups in total. The number of unbranched alkanes of at least 4 members (excludes halogenated alkanes) is 13. The molecular weight excluding hydrogens is 717 g/mol. The number of nitrogens with zero attached hydrogens (tertiary/aromatic N) is 1. The van der Waals surface area contributed by atoms with Crippen molar-refractivity contribution < 1.29 is 47.2 Å². The van der Waals surface area contributed by atoms with E-state index in [-0.39, 0.29) is 32.2 Å². The van der Waals surface area contributed by atoms with Gasteiger partial charge in [-0.1, -0.05) is 146 Å². The van der Waals surface area contributed by atoms with Gasteiger partial charge in [0, 0.05) is 12.8 Å². The number of carbonyl (C=O) groups is 2. The number of hydrogen-bond donors (Lipinski definition) is 2. The molecule has 0 aromatic carbocycles. The lowest BCUT2D eigenvalue weighted by Crippen LogP contribution is -2.37. The van der Waals surface area contributed by atoms with Crippen molar-refractivity contribution in [1.29, 1.82) is 0 Å². The maximum atomic E-state index is 12.7. The number of aliphatic hydroxyl groups is 1. The summed E-state index contributed by atoms with van der Waals surface area (Å²) in [4.78, 5) is 35.3. The molecule has 0 aromatic heterocycles. The standard InChI is InChI=1S/C44H80NO9P/c1-6-8-9-10-11-12-13-15-20-23-26-29-32-36-44(48)54-42(40-53-55(49,50)52-38-37-45(3,4)5)39-51-43(47)35-31-28-25-22-19-17-14-16-18-21-24-27-30-34-41(46)33-7-2/h14,17-18,21-22,25,27,30,41-42,46H,6-13,15-16,19-20,23-24,26,28-29,31-40H2,1-5H3/p+1/b17-14-,21-18-,25-22-,30-27-/t41?,42-/m1/s1. The Kier molecular flexibility index (Phi) is 34.9. The molecule has 0 aliphatic heterocycles. The van der Waals surface area contributed by atoms with Crippen molar-refractivity contribution in [2.45, 2.75) is 174 Å². The highest BCUT2D eigenvalue weighted by molar-refractivity contribution is 7.47. The zero-order chi connectivity index (χ0) is 40.9. The average Bonchev–Trinajstić information content (AvgIpc) is 3.12. The molecular formula is C44H81NO9P+. The summed E-state index contributed by atoms with van der Waals surface area (Å²) in [7, 11) is 1.42. The molecule has 55 heavy (non-hydrogen) atoms. The van der Waals surface area contributed by atoms with E-state index in [1.54, 1.807) is 0 Å². The van der Waals surface area contributed by atoms with Gasteiger partial charge in [-0.15, -0.1) is 0 Å². The fourth-order valence-electron chi connectivity index (χ4n) is 5.55. The van der Waals surface area contributed by atoms with Crippen LogP contribution in [0.1, 0.15) is 162 Å². The molecule has 0 aliphatic carbocycles. The summed E-state index contributed by atoms with van der Waals surface area (Å²) in [5, 5.41) is 9.73. The van der Waals surface area contributed by atoms with E-state index in [9.17, 15) is 24.2 Å². The van der Waals surface area contributed by atoms with Gasteiger partial charge in [-0.3, -0.25) is 18.6 Å². The van der Waals surface area contributed by atoms with E-state index in [2.05, 4.69) is 50.3 Å². The second-order valence-corrected chi connectivity index (χ2v) is 17.0. The summed E-state index contributed by atoms with van der Waals surface area (Å²) in [6, 6.07) is 0. The summed E-state index contributed by atoms with van der Waals surface area (Å²) in [5.74, 6) is -0.885. The number of phosphoric ester groups is 1. The van der Waals surface area contributed by atoms with Crippen LogP contribution in [-0.4, -0.2) is 86.1 Å². The smallest absolute Gasteiger partial charge is 0.462 e. The van der Waals surface area contributed by atoms with Crippen LogP contribution in [0.3, 0.4) is 0 Å². The molecule has 0 heterocycles. The van der Waals surface area contributed by atoms with Gasteiger partial charge in [0.15, 0.2) is 6.10 Å². The van der Waals surface area contributed by atoms with Crippen molar-refractivity contribution in [2.75, 3.05) is 47.5 Å². The molecule has 0 spiro atoms. The molecule has 0 fully saturated rings. The van der Waals surface area contributed by atoms with E-state index in [1.165, 1.54) is 57.8 Å². The first-order chi connectivity index (χ1) is 26.4. The van der Waals surface area contributed by atoms with Crippen LogP contribution in [0.25, 0.3) is 0 Å². The Morgan fingerprint density at radius 2 is 1.15 bits per heavy atom. The van der Waals surface area contributed by atoms with Crippen LogP contribution in [0.4, 0.5) is 0 Å². The monoisotopic (exact) mass is 799 g/mol. The zero-order valence-corrected chi connectivity index (χ0v) is 36.4. The normalized spacial score (nSPS) is 14.7. The van der Waals surface area contributed by atoms with Gasteiger partial charge < -0.3 is 24.0 Å². The molecule has 0 bridgehead atoms. The van der Waals surface area contributed by atoms with Gasteiger partial charge in [0.25, 0.3) is 0 Å². The Bertz CT molecular complexity index is 1100. The van der Waals surface area contributed by atoms with Crippen LogP contribution < -0.4 is 0 Å². The Balaban J connectivity index is 4.48. The minimum atomic E-state index is -4.39. The van der Waals surface area contributed by atoms with E-state index in [1.807, 2.05) is 33.3 Å². The fraction of sp³-hybridized carbons (Fsp3) is 0.773. The van der Waals surface area contributed by atoms with E-state index in [0.29, 0.717) is 30.3 Å². The summed E-state index contributed by atoms with van der Waals surface area (Å²) < 4.78 is 34.2. The first kappa shape index (κ1) is 52.9. The fourth-order valence-corrected chi connectivity index (χ4v) is 6.29. The number of allylic oxidation sites excluding steroid dienone is 7. The third-order valence-corrected chi connectivity index (χ3v) is 9.90. The van der Waals surface area contributed by atoms with Crippen molar-refractivity contribution in [3.63, 3.8) is 0 Å². The van der Waals surface area contributed by atoms with Crippen LogP contribution in [0.15, 0.2) is 48.6 Å². The SMILES string of the molecule is CCCCCCCCCCCCCCCC(=O)O[C@H](COC(=O)CCC/C=C\C/C=C\C/C=C\C/C=C\CC(O)CCC)COP(=O)(O)OCC[N+](C)(C)C. The molecule has 11 heteroatoms. The predicted molar refractivity (Wildman–Crippen MR) is 226 cm³/mol. The number of carbonyl (C=O) groups excluding carboxylic acids is 2. The quantitative estimate of drug-likeness (QED) is 0.0206. The van der Waals surface area contributed by atoms with Gasteiger partial charge in [0.05, 0.1) is 33.9 Å². The molecule has 320 valence electrons. The number of esters is 2. The second kappa shape index (κ2) is 36.3. The minimum absolute atomic E-state index is 0.0166. The lowest BCUT2D eigenvalue weighted by Gasteiger charge is -2.24. The number of ether oxygens (including phenoxy) is 2. The van der Waals surface area contributed by atoms with Crippen molar-refractivity contribution >= 4 is 19.8 Å². The third-order valence-electron chi connectivity index (χ3n) is 8.92. The molecule has 0 rings (SSSR count). The average molecular weight is 799 g/mol. The number of phosphoric acid groups is 1. The Labute approximate surface area is 336 Å². The Hall–Kier alpha value is -2.07. The Morgan fingerprint density at radius 3 is 1.69 bits per heavy atom. The van der Waals surface area contributed by atoms with Crippen LogP contribution in [0.5, 0.6) is 0 Å². The molecule has 0 aliphatic rings. The van der Waals surface area contributed by atoms with Gasteiger partial charge in [0.1, 0.15) is 19.8 Å². The molecule has 0 amide bonds. The highest BCUT2D eigenvalue weighted by atomic mass is 31.2. The first-order valence-corrected chi connectivity index (χ1v) is 22.9. The lowest BCUT2D eigenvalue weighted by molar-refractivity contribution is -0.870. The highest BCUT2D eigenvalue weighted by Crippen LogP contribution is 2.43. The lowest BCUT2D eigenvalue weighted by atomic mass is 10.0. The summed E-state index contributed by atoms with van der Waals surface area (Å²) >= 11 is 0. The van der Waals surface area contributed by atoms with Gasteiger partial charge in [-0.25, -0.2) is 4.57 Å². The number of hydrogen-bond acceptors (Lipinski definition) is 8. The van der Waals surface area contributed by atoms with Gasteiger partial charge in [-0.2, -0.15) is 0 Å². The van der Waals surface area contributed by atoms with Crippen LogP contribution >= 0.6 is 7.82 Å². The summed E-state index contributed by atoms with van der Waals surface area (Å²) in [6.45, 7) is 4.14. The number of aliphatic hydroxyl groups excluding tert-OH is 1. The zero-order valence-electron chi connectivity index (χ0n) is 35.5. The first-order valence-electron chi connectivity index (χ1n) is 21.4. The van der Waals surface area contributed by atoms with Crippen molar-refractivity contribution in [3.8, 4) is 0 Å². The maximum Gasteiger partial charge on any atom is 0.472 e. The van der Waals surface area contributed by atoms with E-state index < -0.39 is 32.5 Å². The predicted octanol–water partition coefficient (Wildman–Crippen LogP) is 10.9. The van der Waals surface area contributed by atoms with Crippen LogP contribution in [-0.2, 0) is 32.7 Å². The third kappa shape index (κ3) is 39.9. The number of likely N-dealkylation sites (N-methyl/N-ethyl adjacent to an activating group) is 1. The maximum absolute atomic E-state index is 12.7. The number of rotatable bonds is 38. The minimum Gasteiger partial charge on any atom is -0.462 e. The largest absolute Gasteiger partial charge is 0.472 e. The summed E-state index contributed by atoms with van der Waals surface area (Å²) in [5.41, 5.74) is 0. The Morgan fingerprint density at radius 1 is 0.636 bits per heavy atom. The molecule has 0 saturated heterocycles. The number of quaternary nitrogens is 1. The summed E-state index contributed by atoms with van der Waals surface area (Å²) in [6.07, 6.45) is 38.0. The van der Waals surface area contributed by atoms with Crippen LogP contribution in [0, 0.1) is 0 Å². The molecule has 10 nitrogen and oxygen atoms in total. The molecule has 3 atom stereocenters. The van der Waals surface area contributed by atoms with Crippen LogP contribution in [0.2, 0.25) is 0 Å². The van der Waals surface area contributed by atoms with Gasteiger partial charge in [-0.05, 0) is 51.4 Å². The van der Waals surface area contributed by atoms with E-state index in [4.69, 9.17) is 18.5 Å². The molecule has 0 saturated carbocycles.